The van der Waals surface area contributed by atoms with Gasteiger partial charge in [-0.3, -0.25) is 0 Å². The van der Waals surface area contributed by atoms with Crippen LogP contribution in [0, 0.1) is 17.5 Å². The van der Waals surface area contributed by atoms with E-state index in [1.807, 2.05) is 48.5 Å². The number of benzene rings is 4. The Morgan fingerprint density at radius 1 is 0.750 bits per heavy atom. The number of urea groups is 1. The molecule has 5 N–H and O–H groups in total. The van der Waals surface area contributed by atoms with Gasteiger partial charge in [-0.1, -0.05) is 54.6 Å². The minimum Gasteiger partial charge on any atom is -0.412 e. The first-order chi connectivity index (χ1) is 16.9. The number of amides is 2. The van der Waals surface area contributed by atoms with Crippen LogP contribution >= 0.6 is 0 Å². The van der Waals surface area contributed by atoms with Crippen LogP contribution in [0.1, 0.15) is 5.56 Å². The van der Waals surface area contributed by atoms with Gasteiger partial charge in [0.2, 0.25) is 0 Å². The first-order valence-electron chi connectivity index (χ1n) is 10.5. The van der Waals surface area contributed by atoms with Gasteiger partial charge in [0.1, 0.15) is 0 Å². The van der Waals surface area contributed by atoms with Gasteiger partial charge in [-0.05, 0) is 47.5 Å². The van der Waals surface area contributed by atoms with Crippen LogP contribution in [-0.2, 0) is 17.5 Å². The predicted molar refractivity (Wildman–Crippen MR) is 134 cm³/mol. The maximum absolute atomic E-state index is 13.7. The first-order valence-corrected chi connectivity index (χ1v) is 11.7. The van der Waals surface area contributed by atoms with Crippen molar-refractivity contribution in [3.8, 4) is 11.1 Å². The Bertz CT molecular complexity index is 1370. The van der Waals surface area contributed by atoms with Crippen molar-refractivity contribution in [2.45, 2.75) is 11.4 Å². The lowest BCUT2D eigenvalue weighted by atomic mass is 10.1. The van der Waals surface area contributed by atoms with Crippen LogP contribution in [0.3, 0.4) is 0 Å². The fourth-order valence-corrected chi connectivity index (χ4v) is 4.37. The first kappa shape index (κ1) is 26.5. The van der Waals surface area contributed by atoms with Crippen LogP contribution in [0.2, 0.25) is 0 Å². The van der Waals surface area contributed by atoms with Gasteiger partial charge in [-0.15, -0.1) is 0 Å². The zero-order valence-corrected chi connectivity index (χ0v) is 19.5. The van der Waals surface area contributed by atoms with E-state index in [9.17, 15) is 22.2 Å². The van der Waals surface area contributed by atoms with Crippen molar-refractivity contribution >= 4 is 28.4 Å². The number of carbonyl (C=O) groups excluding carboxylic acids is 1. The molecule has 4 aromatic carbocycles. The quantitative estimate of drug-likeness (QED) is 0.288. The number of hydrogen-bond acceptors (Lipinski definition) is 2. The summed E-state index contributed by atoms with van der Waals surface area (Å²) in [6.45, 7) is -0.325. The second-order valence-electron chi connectivity index (χ2n) is 7.45. The lowest BCUT2D eigenvalue weighted by Crippen LogP contribution is -2.28. The highest BCUT2D eigenvalue weighted by Crippen LogP contribution is 2.27. The van der Waals surface area contributed by atoms with E-state index in [1.54, 1.807) is 30.3 Å². The summed E-state index contributed by atoms with van der Waals surface area (Å²) < 4.78 is 56.0. The van der Waals surface area contributed by atoms with E-state index < -0.39 is 34.5 Å². The van der Waals surface area contributed by atoms with E-state index in [4.69, 9.17) is 0 Å². The summed E-state index contributed by atoms with van der Waals surface area (Å²) in [7, 11) is -1.54. The van der Waals surface area contributed by atoms with Crippen molar-refractivity contribution in [1.29, 1.82) is 0 Å². The fourth-order valence-electron chi connectivity index (χ4n) is 3.32. The van der Waals surface area contributed by atoms with Gasteiger partial charge >= 0.3 is 6.03 Å². The van der Waals surface area contributed by atoms with Crippen molar-refractivity contribution in [1.82, 2.24) is 5.32 Å². The van der Waals surface area contributed by atoms with Crippen LogP contribution in [0.5, 0.6) is 0 Å². The molecule has 4 rings (SSSR count). The van der Waals surface area contributed by atoms with Gasteiger partial charge in [0, 0.05) is 23.5 Å². The number of nitrogens with one attached hydrogen (secondary N) is 3. The van der Waals surface area contributed by atoms with Gasteiger partial charge in [0.15, 0.2) is 28.4 Å². The summed E-state index contributed by atoms with van der Waals surface area (Å²) in [5.41, 5.74) is 2.62. The van der Waals surface area contributed by atoms with E-state index in [0.717, 1.165) is 23.3 Å². The van der Waals surface area contributed by atoms with Crippen LogP contribution in [0.4, 0.5) is 29.3 Å². The molecule has 6 nitrogen and oxygen atoms in total. The highest BCUT2D eigenvalue weighted by atomic mass is 32.2. The summed E-state index contributed by atoms with van der Waals surface area (Å²) >= 11 is 0. The molecule has 2 amide bonds. The van der Waals surface area contributed by atoms with Gasteiger partial charge in [-0.2, -0.15) is 0 Å². The molecule has 0 aliphatic heterocycles. The van der Waals surface area contributed by atoms with Crippen molar-refractivity contribution < 1.29 is 27.7 Å². The lowest BCUT2D eigenvalue weighted by molar-refractivity contribution is 0.251. The molecule has 10 heteroatoms. The standard InChI is InChI=1S/C26H20F3N3O2S.H2O/c27-22-15-10-18(24(28)25(22)29)16-30-26(33)31-19-11-13-20(14-12-19)32-35(34)23-9-5-4-8-21(23)17-6-2-1-3-7-17;/h1-15,32H,16H2,(H2,30,31,33);1H2. The third-order valence-corrected chi connectivity index (χ3v) is 6.26. The second-order valence-corrected chi connectivity index (χ2v) is 8.63. The van der Waals surface area contributed by atoms with Gasteiger partial charge in [0.05, 0.1) is 4.90 Å². The van der Waals surface area contributed by atoms with Crippen LogP contribution in [0.15, 0.2) is 95.9 Å². The highest BCUT2D eigenvalue weighted by molar-refractivity contribution is 7.86. The van der Waals surface area contributed by atoms with Crippen LogP contribution in [0.25, 0.3) is 11.1 Å². The van der Waals surface area contributed by atoms with Gasteiger partial charge in [-0.25, -0.2) is 22.2 Å². The van der Waals surface area contributed by atoms with E-state index in [0.29, 0.717) is 16.3 Å². The Balaban J connectivity index is 0.00000361. The number of anilines is 2. The SMILES string of the molecule is O.O=C(NCc1ccc(F)c(F)c1F)Nc1ccc(NS(=O)c2ccccc2-c2ccccc2)cc1. The number of rotatable bonds is 7. The number of halogens is 3. The molecule has 4 aromatic rings. The summed E-state index contributed by atoms with van der Waals surface area (Å²) in [5.74, 6) is -4.23. The van der Waals surface area contributed by atoms with E-state index >= 15 is 0 Å². The Labute approximate surface area is 208 Å². The van der Waals surface area contributed by atoms with Gasteiger partial charge in [0.25, 0.3) is 0 Å². The van der Waals surface area contributed by atoms with E-state index in [1.165, 1.54) is 0 Å². The molecule has 0 fully saturated rings. The molecule has 1 atom stereocenters. The third kappa shape index (κ3) is 6.29. The fraction of sp³-hybridized carbons (Fsp3) is 0.0385. The monoisotopic (exact) mass is 513 g/mol. The average Bonchev–Trinajstić information content (AvgIpc) is 2.88. The Hall–Kier alpha value is -4.15. The van der Waals surface area contributed by atoms with E-state index in [2.05, 4.69) is 15.4 Å². The second kappa shape index (κ2) is 12.0. The largest absolute Gasteiger partial charge is 0.412 e. The van der Waals surface area contributed by atoms with Crippen molar-refractivity contribution in [3.05, 3.63) is 114 Å². The molecule has 0 radical (unpaired) electrons. The average molecular weight is 514 g/mol. The third-order valence-electron chi connectivity index (χ3n) is 5.08. The molecule has 36 heavy (non-hydrogen) atoms. The molecule has 0 spiro atoms. The maximum atomic E-state index is 13.7. The normalized spacial score (nSPS) is 11.2. The molecule has 0 bridgehead atoms. The predicted octanol–water partition coefficient (Wildman–Crippen LogP) is 5.40. The molecule has 0 saturated carbocycles. The molecule has 0 aliphatic carbocycles. The number of hydrogen-bond donors (Lipinski definition) is 3. The zero-order chi connectivity index (χ0) is 24.8. The minimum absolute atomic E-state index is 0. The Morgan fingerprint density at radius 2 is 1.39 bits per heavy atom. The Kier molecular flexibility index (Phi) is 8.82. The van der Waals surface area contributed by atoms with Crippen LogP contribution in [-0.4, -0.2) is 15.7 Å². The lowest BCUT2D eigenvalue weighted by Gasteiger charge is -2.12. The Morgan fingerprint density at radius 3 is 2.11 bits per heavy atom. The highest BCUT2D eigenvalue weighted by Gasteiger charge is 2.14. The summed E-state index contributed by atoms with van der Waals surface area (Å²) in [6.07, 6.45) is 0. The molecule has 0 heterocycles. The molecular weight excluding hydrogens is 491 g/mol. The summed E-state index contributed by atoms with van der Waals surface area (Å²) in [6, 6.07) is 24.7. The maximum Gasteiger partial charge on any atom is 0.319 e. The summed E-state index contributed by atoms with van der Waals surface area (Å²) in [5, 5.41) is 4.94. The van der Waals surface area contributed by atoms with E-state index in [-0.39, 0.29) is 17.6 Å². The smallest absolute Gasteiger partial charge is 0.319 e. The van der Waals surface area contributed by atoms with Crippen molar-refractivity contribution in [3.63, 3.8) is 0 Å². The molecule has 0 saturated heterocycles. The summed E-state index contributed by atoms with van der Waals surface area (Å²) in [4.78, 5) is 12.7. The van der Waals surface area contributed by atoms with Crippen molar-refractivity contribution in [2.24, 2.45) is 0 Å². The topological polar surface area (TPSA) is 102 Å². The molecule has 0 aromatic heterocycles. The minimum atomic E-state index is -1.59. The molecular formula is C26H22F3N3O3S. The van der Waals surface area contributed by atoms with Gasteiger partial charge < -0.3 is 20.8 Å². The zero-order valence-electron chi connectivity index (χ0n) is 18.7. The van der Waals surface area contributed by atoms with Crippen molar-refractivity contribution in [2.75, 3.05) is 10.0 Å². The molecule has 1 unspecified atom stereocenters. The van der Waals surface area contributed by atoms with Crippen LogP contribution < -0.4 is 15.4 Å². The molecule has 186 valence electrons. The number of carbonyl (C=O) groups is 1. The molecule has 0 aliphatic rings.